The van der Waals surface area contributed by atoms with Crippen molar-refractivity contribution in [1.29, 1.82) is 0 Å². The summed E-state index contributed by atoms with van der Waals surface area (Å²) in [7, 11) is -3.69. The largest absolute Gasteiger partial charge is 0.265 e. The van der Waals surface area contributed by atoms with Crippen LogP contribution in [-0.2, 0) is 10.0 Å². The molecule has 0 radical (unpaired) electrons. The van der Waals surface area contributed by atoms with E-state index in [-0.39, 0.29) is 4.90 Å². The van der Waals surface area contributed by atoms with Crippen molar-refractivity contribution in [3.05, 3.63) is 11.4 Å². The van der Waals surface area contributed by atoms with Crippen LogP contribution < -0.4 is 5.14 Å². The summed E-state index contributed by atoms with van der Waals surface area (Å²) in [5, 5.41) is 9.74. The van der Waals surface area contributed by atoms with E-state index in [0.29, 0.717) is 23.3 Å². The van der Waals surface area contributed by atoms with Crippen LogP contribution >= 0.6 is 0 Å². The molecular formula is C13H23N3O2S. The average molecular weight is 285 g/mol. The summed E-state index contributed by atoms with van der Waals surface area (Å²) in [6.45, 7) is 5.71. The van der Waals surface area contributed by atoms with Gasteiger partial charge in [-0.15, -0.1) is 0 Å². The number of hydrogen-bond acceptors (Lipinski definition) is 3. The van der Waals surface area contributed by atoms with Crippen molar-refractivity contribution in [2.24, 2.45) is 11.1 Å². The summed E-state index contributed by atoms with van der Waals surface area (Å²) < 4.78 is 25.2. The van der Waals surface area contributed by atoms with E-state index in [0.717, 1.165) is 12.8 Å². The van der Waals surface area contributed by atoms with Gasteiger partial charge in [0, 0.05) is 0 Å². The van der Waals surface area contributed by atoms with Crippen LogP contribution in [0, 0.1) is 19.8 Å². The highest BCUT2D eigenvalue weighted by atomic mass is 32.2. The van der Waals surface area contributed by atoms with Crippen molar-refractivity contribution in [3.63, 3.8) is 0 Å². The molecule has 0 aromatic carbocycles. The first-order valence-electron chi connectivity index (χ1n) is 6.94. The van der Waals surface area contributed by atoms with Gasteiger partial charge in [-0.05, 0) is 32.6 Å². The topological polar surface area (TPSA) is 78.0 Å². The van der Waals surface area contributed by atoms with Crippen LogP contribution in [0.25, 0.3) is 0 Å². The molecule has 1 aliphatic rings. The van der Waals surface area contributed by atoms with Crippen molar-refractivity contribution in [2.75, 3.05) is 0 Å². The lowest BCUT2D eigenvalue weighted by Crippen LogP contribution is -2.25. The van der Waals surface area contributed by atoms with Gasteiger partial charge >= 0.3 is 0 Å². The van der Waals surface area contributed by atoms with E-state index in [1.54, 1.807) is 13.8 Å². The molecule has 108 valence electrons. The minimum atomic E-state index is -3.69. The SMILES string of the molecule is CCC1CCCCC1n1nc(C)c(S(N)(=O)=O)c1C. The molecule has 1 saturated carbocycles. The fourth-order valence-corrected chi connectivity index (χ4v) is 4.33. The van der Waals surface area contributed by atoms with E-state index in [1.807, 2.05) is 4.68 Å². The minimum Gasteiger partial charge on any atom is -0.265 e. The van der Waals surface area contributed by atoms with Gasteiger partial charge in [0.1, 0.15) is 4.90 Å². The van der Waals surface area contributed by atoms with E-state index in [1.165, 1.54) is 19.3 Å². The van der Waals surface area contributed by atoms with Gasteiger partial charge in [-0.25, -0.2) is 13.6 Å². The molecule has 0 bridgehead atoms. The standard InChI is InChI=1S/C13H23N3O2S/c1-4-11-7-5-6-8-12(11)16-10(3)13(9(2)15-16)19(14,17)18/h11-12H,4-8H2,1-3H3,(H2,14,17,18). The summed E-state index contributed by atoms with van der Waals surface area (Å²) in [5.41, 5.74) is 1.20. The first-order valence-corrected chi connectivity index (χ1v) is 8.49. The van der Waals surface area contributed by atoms with Gasteiger partial charge in [-0.3, -0.25) is 4.68 Å². The molecule has 2 unspecified atom stereocenters. The Kier molecular flexibility index (Phi) is 4.01. The zero-order valence-electron chi connectivity index (χ0n) is 11.9. The van der Waals surface area contributed by atoms with Crippen LogP contribution in [-0.4, -0.2) is 18.2 Å². The van der Waals surface area contributed by atoms with Crippen molar-refractivity contribution < 1.29 is 8.42 Å². The molecule has 1 aliphatic carbocycles. The Morgan fingerprint density at radius 1 is 1.32 bits per heavy atom. The van der Waals surface area contributed by atoms with E-state index in [9.17, 15) is 8.42 Å². The smallest absolute Gasteiger partial charge is 0.241 e. The van der Waals surface area contributed by atoms with Crippen molar-refractivity contribution in [1.82, 2.24) is 9.78 Å². The van der Waals surface area contributed by atoms with Crippen molar-refractivity contribution in [2.45, 2.75) is 63.8 Å². The molecule has 2 rings (SSSR count). The van der Waals surface area contributed by atoms with Gasteiger partial charge in [0.05, 0.1) is 17.4 Å². The first kappa shape index (κ1) is 14.5. The number of aryl methyl sites for hydroxylation is 1. The monoisotopic (exact) mass is 285 g/mol. The molecule has 5 nitrogen and oxygen atoms in total. The maximum absolute atomic E-state index is 11.6. The quantitative estimate of drug-likeness (QED) is 0.925. The van der Waals surface area contributed by atoms with E-state index in [2.05, 4.69) is 12.0 Å². The number of nitrogens with zero attached hydrogens (tertiary/aromatic N) is 2. The normalized spacial score (nSPS) is 24.6. The minimum absolute atomic E-state index is 0.202. The summed E-state index contributed by atoms with van der Waals surface area (Å²) in [6, 6.07) is 0.313. The maximum Gasteiger partial charge on any atom is 0.241 e. The molecule has 6 heteroatoms. The van der Waals surface area contributed by atoms with E-state index < -0.39 is 10.0 Å². The molecule has 0 spiro atoms. The molecular weight excluding hydrogens is 262 g/mol. The number of primary sulfonamides is 1. The van der Waals surface area contributed by atoms with Crippen molar-refractivity contribution >= 4 is 10.0 Å². The highest BCUT2D eigenvalue weighted by Crippen LogP contribution is 2.37. The highest BCUT2D eigenvalue weighted by Gasteiger charge is 2.30. The van der Waals surface area contributed by atoms with Gasteiger partial charge in [0.15, 0.2) is 0 Å². The number of aromatic nitrogens is 2. The second kappa shape index (κ2) is 5.25. The third-order valence-electron chi connectivity index (χ3n) is 4.25. The Labute approximate surface area is 115 Å². The number of nitrogens with two attached hydrogens (primary N) is 1. The molecule has 2 atom stereocenters. The fourth-order valence-electron chi connectivity index (χ4n) is 3.37. The van der Waals surface area contributed by atoms with E-state index >= 15 is 0 Å². The lowest BCUT2D eigenvalue weighted by atomic mass is 9.83. The Balaban J connectivity index is 2.46. The van der Waals surface area contributed by atoms with Crippen LogP contribution in [0.4, 0.5) is 0 Å². The van der Waals surface area contributed by atoms with Gasteiger partial charge < -0.3 is 0 Å². The Morgan fingerprint density at radius 2 is 1.95 bits per heavy atom. The third-order valence-corrected chi connectivity index (χ3v) is 5.41. The average Bonchev–Trinajstić information content (AvgIpc) is 2.64. The first-order chi connectivity index (χ1) is 8.86. The van der Waals surface area contributed by atoms with Crippen LogP contribution in [0.5, 0.6) is 0 Å². The zero-order valence-corrected chi connectivity index (χ0v) is 12.7. The van der Waals surface area contributed by atoms with Crippen LogP contribution in [0.3, 0.4) is 0 Å². The predicted octanol–water partition coefficient (Wildman–Crippen LogP) is 2.29. The summed E-state index contributed by atoms with van der Waals surface area (Å²) in [5.74, 6) is 0.583. The second-order valence-electron chi connectivity index (χ2n) is 5.51. The van der Waals surface area contributed by atoms with Gasteiger partial charge in [-0.2, -0.15) is 5.10 Å². The summed E-state index contributed by atoms with van der Waals surface area (Å²) in [4.78, 5) is 0.202. The second-order valence-corrected chi connectivity index (χ2v) is 7.01. The number of sulfonamides is 1. The fraction of sp³-hybridized carbons (Fsp3) is 0.769. The molecule has 2 N–H and O–H groups in total. The summed E-state index contributed by atoms with van der Waals surface area (Å²) >= 11 is 0. The Hall–Kier alpha value is -0.880. The van der Waals surface area contributed by atoms with Gasteiger partial charge in [-0.1, -0.05) is 26.2 Å². The molecule has 0 saturated heterocycles. The molecule has 0 aliphatic heterocycles. The Bertz CT molecular complexity index is 563. The van der Waals surface area contributed by atoms with Gasteiger partial charge in [0.2, 0.25) is 10.0 Å². The van der Waals surface area contributed by atoms with Crippen LogP contribution in [0.1, 0.15) is 56.5 Å². The molecule has 1 aromatic rings. The highest BCUT2D eigenvalue weighted by molar-refractivity contribution is 7.89. The maximum atomic E-state index is 11.6. The molecule has 1 heterocycles. The van der Waals surface area contributed by atoms with E-state index in [4.69, 9.17) is 5.14 Å². The third kappa shape index (κ3) is 2.69. The number of hydrogen-bond donors (Lipinski definition) is 1. The molecule has 19 heavy (non-hydrogen) atoms. The van der Waals surface area contributed by atoms with Crippen LogP contribution in [0.2, 0.25) is 0 Å². The predicted molar refractivity (Wildman–Crippen MR) is 74.4 cm³/mol. The van der Waals surface area contributed by atoms with Gasteiger partial charge in [0.25, 0.3) is 0 Å². The number of rotatable bonds is 3. The molecule has 0 amide bonds. The molecule has 1 fully saturated rings. The molecule has 1 aromatic heterocycles. The van der Waals surface area contributed by atoms with Crippen molar-refractivity contribution in [3.8, 4) is 0 Å². The lowest BCUT2D eigenvalue weighted by molar-refractivity contribution is 0.214. The lowest BCUT2D eigenvalue weighted by Gasteiger charge is -2.31. The summed E-state index contributed by atoms with van der Waals surface area (Å²) in [6.07, 6.45) is 5.82. The van der Waals surface area contributed by atoms with Crippen LogP contribution in [0.15, 0.2) is 4.90 Å². The Morgan fingerprint density at radius 3 is 2.47 bits per heavy atom. The zero-order chi connectivity index (χ0) is 14.2.